The number of carbonyl (C=O) groups is 1. The molecule has 1 unspecified atom stereocenters. The van der Waals surface area contributed by atoms with Gasteiger partial charge in [0.25, 0.3) is 5.91 Å². The fourth-order valence-corrected chi connectivity index (χ4v) is 4.21. The molecular formula is C17H19N5OS. The van der Waals surface area contributed by atoms with Crippen molar-refractivity contribution in [2.45, 2.75) is 25.8 Å². The average Bonchev–Trinajstić information content (AvgIpc) is 3.35. The van der Waals surface area contributed by atoms with Crippen LogP contribution < -0.4 is 0 Å². The molecule has 24 heavy (non-hydrogen) atoms. The summed E-state index contributed by atoms with van der Waals surface area (Å²) in [5.41, 5.74) is 0.785. The van der Waals surface area contributed by atoms with E-state index in [1.165, 1.54) is 0 Å². The van der Waals surface area contributed by atoms with Crippen LogP contribution >= 0.6 is 11.3 Å². The fourth-order valence-electron chi connectivity index (χ4n) is 3.25. The average molecular weight is 341 g/mol. The molecule has 3 aromatic rings. The Morgan fingerprint density at radius 2 is 2.17 bits per heavy atom. The summed E-state index contributed by atoms with van der Waals surface area (Å²) in [6, 6.07) is 6.16. The van der Waals surface area contributed by atoms with Crippen LogP contribution in [0, 0.1) is 6.92 Å². The van der Waals surface area contributed by atoms with Gasteiger partial charge in [0.05, 0.1) is 11.6 Å². The smallest absolute Gasteiger partial charge is 0.256 e. The summed E-state index contributed by atoms with van der Waals surface area (Å²) in [6.45, 7) is 3.52. The van der Waals surface area contributed by atoms with Gasteiger partial charge in [-0.15, -0.1) is 11.3 Å². The monoisotopic (exact) mass is 341 g/mol. The number of aryl methyl sites for hydroxylation is 1. The minimum atomic E-state index is 0.105. The molecule has 1 amide bonds. The minimum Gasteiger partial charge on any atom is -0.336 e. The zero-order valence-corrected chi connectivity index (χ0v) is 14.3. The third kappa shape index (κ3) is 2.75. The molecule has 1 aliphatic rings. The van der Waals surface area contributed by atoms with Crippen LogP contribution in [0.15, 0.2) is 43.2 Å². The van der Waals surface area contributed by atoms with E-state index >= 15 is 0 Å². The Bertz CT molecular complexity index is 821. The van der Waals surface area contributed by atoms with Gasteiger partial charge < -0.3 is 9.47 Å². The van der Waals surface area contributed by atoms with Gasteiger partial charge in [-0.25, -0.2) is 9.67 Å². The van der Waals surface area contributed by atoms with Crippen LogP contribution in [-0.2, 0) is 0 Å². The van der Waals surface area contributed by atoms with Crippen molar-refractivity contribution in [3.05, 3.63) is 53.7 Å². The molecule has 0 spiro atoms. The highest BCUT2D eigenvalue weighted by atomic mass is 32.1. The van der Waals surface area contributed by atoms with Gasteiger partial charge in [0.2, 0.25) is 0 Å². The van der Waals surface area contributed by atoms with E-state index in [2.05, 4.69) is 10.1 Å². The highest BCUT2D eigenvalue weighted by molar-refractivity contribution is 7.14. The lowest BCUT2D eigenvalue weighted by atomic mass is 10.0. The largest absolute Gasteiger partial charge is 0.336 e. The normalized spacial score (nSPS) is 18.0. The molecule has 124 valence electrons. The third-order valence-corrected chi connectivity index (χ3v) is 5.46. The molecule has 7 heteroatoms. The molecular weight excluding hydrogens is 322 g/mol. The van der Waals surface area contributed by atoms with Gasteiger partial charge in [0.1, 0.15) is 17.7 Å². The molecule has 0 N–H and O–H groups in total. The van der Waals surface area contributed by atoms with Crippen LogP contribution in [0.25, 0.3) is 5.00 Å². The number of likely N-dealkylation sites (tertiary alicyclic amines) is 1. The zero-order chi connectivity index (χ0) is 16.5. The highest BCUT2D eigenvalue weighted by Crippen LogP contribution is 2.29. The van der Waals surface area contributed by atoms with E-state index in [-0.39, 0.29) is 11.9 Å². The number of rotatable bonds is 3. The number of carbonyl (C=O) groups excluding carboxylic acids is 1. The predicted octanol–water partition coefficient (Wildman–Crippen LogP) is 2.92. The molecule has 1 saturated heterocycles. The van der Waals surface area contributed by atoms with Crippen molar-refractivity contribution in [3.63, 3.8) is 0 Å². The second-order valence-corrected chi connectivity index (χ2v) is 7.32. The molecule has 3 aromatic heterocycles. The first-order chi connectivity index (χ1) is 11.7. The first kappa shape index (κ1) is 15.1. The van der Waals surface area contributed by atoms with E-state index in [0.29, 0.717) is 6.54 Å². The van der Waals surface area contributed by atoms with Crippen LogP contribution in [0.1, 0.15) is 34.1 Å². The lowest BCUT2D eigenvalue weighted by Gasteiger charge is -2.32. The van der Waals surface area contributed by atoms with Crippen molar-refractivity contribution < 1.29 is 4.79 Å². The van der Waals surface area contributed by atoms with Gasteiger partial charge in [-0.3, -0.25) is 4.79 Å². The summed E-state index contributed by atoms with van der Waals surface area (Å²) < 4.78 is 3.88. The number of piperidine rings is 1. The predicted molar refractivity (Wildman–Crippen MR) is 92.6 cm³/mol. The second kappa shape index (κ2) is 6.24. The van der Waals surface area contributed by atoms with Crippen molar-refractivity contribution in [1.82, 2.24) is 24.2 Å². The van der Waals surface area contributed by atoms with Crippen molar-refractivity contribution in [2.75, 3.05) is 13.1 Å². The van der Waals surface area contributed by atoms with Crippen molar-refractivity contribution in [1.29, 1.82) is 0 Å². The van der Waals surface area contributed by atoms with E-state index in [0.717, 1.165) is 34.8 Å². The number of amides is 1. The number of aromatic nitrogens is 4. The number of nitrogens with zero attached hydrogens (tertiary/aromatic N) is 5. The second-order valence-electron chi connectivity index (χ2n) is 6.09. The van der Waals surface area contributed by atoms with Crippen molar-refractivity contribution >= 4 is 17.2 Å². The molecule has 1 atom stereocenters. The lowest BCUT2D eigenvalue weighted by molar-refractivity contribution is 0.0673. The Morgan fingerprint density at radius 1 is 1.33 bits per heavy atom. The minimum absolute atomic E-state index is 0.105. The topological polar surface area (TPSA) is 56.0 Å². The molecule has 0 bridgehead atoms. The van der Waals surface area contributed by atoms with E-state index in [1.807, 2.05) is 51.7 Å². The van der Waals surface area contributed by atoms with Crippen molar-refractivity contribution in [3.8, 4) is 5.00 Å². The van der Waals surface area contributed by atoms with Crippen LogP contribution in [0.2, 0.25) is 0 Å². The summed E-state index contributed by atoms with van der Waals surface area (Å²) in [5, 5.41) is 5.23. The van der Waals surface area contributed by atoms with Crippen molar-refractivity contribution in [2.24, 2.45) is 0 Å². The van der Waals surface area contributed by atoms with Gasteiger partial charge >= 0.3 is 0 Å². The number of hydrogen-bond donors (Lipinski definition) is 0. The first-order valence-corrected chi connectivity index (χ1v) is 8.91. The van der Waals surface area contributed by atoms with Crippen LogP contribution in [0.5, 0.6) is 0 Å². The molecule has 0 radical (unpaired) electrons. The van der Waals surface area contributed by atoms with Gasteiger partial charge in [-0.1, -0.05) is 0 Å². The maximum absolute atomic E-state index is 13.1. The zero-order valence-electron chi connectivity index (χ0n) is 13.5. The van der Waals surface area contributed by atoms with E-state index in [1.54, 1.807) is 24.0 Å². The maximum Gasteiger partial charge on any atom is 0.256 e. The summed E-state index contributed by atoms with van der Waals surface area (Å²) >= 11 is 1.65. The number of thiophene rings is 1. The summed E-state index contributed by atoms with van der Waals surface area (Å²) in [5.74, 6) is 0.105. The first-order valence-electron chi connectivity index (χ1n) is 8.09. The fraction of sp³-hybridized carbons (Fsp3) is 0.353. The summed E-state index contributed by atoms with van der Waals surface area (Å²) in [4.78, 5) is 20.2. The lowest BCUT2D eigenvalue weighted by Crippen LogP contribution is -2.41. The van der Waals surface area contributed by atoms with E-state index in [9.17, 15) is 4.79 Å². The Labute approximate surface area is 144 Å². The van der Waals surface area contributed by atoms with E-state index in [4.69, 9.17) is 0 Å². The SMILES string of the molecule is Cc1cc(C(=O)N2CCCC(n3cncn3)C2)c(-n2cccc2)s1. The molecule has 1 aliphatic heterocycles. The maximum atomic E-state index is 13.1. The molecule has 6 nitrogen and oxygen atoms in total. The van der Waals surface area contributed by atoms with Crippen LogP contribution in [-0.4, -0.2) is 43.2 Å². The highest BCUT2D eigenvalue weighted by Gasteiger charge is 2.28. The summed E-state index contributed by atoms with van der Waals surface area (Å²) in [7, 11) is 0. The molecule has 1 fully saturated rings. The standard InChI is InChI=1S/C17H19N5OS/c1-13-9-15(17(24-13)20-6-2-3-7-20)16(23)21-8-4-5-14(10-21)22-12-18-11-19-22/h2-3,6-7,9,11-12,14H,4-5,8,10H2,1H3. The molecule has 4 heterocycles. The Morgan fingerprint density at radius 3 is 2.92 bits per heavy atom. The molecule has 0 aromatic carbocycles. The Kier molecular flexibility index (Phi) is 3.93. The summed E-state index contributed by atoms with van der Waals surface area (Å²) in [6.07, 6.45) is 9.26. The Hall–Kier alpha value is -2.41. The van der Waals surface area contributed by atoms with Gasteiger partial charge in [0, 0.05) is 30.4 Å². The van der Waals surface area contributed by atoms with E-state index < -0.39 is 0 Å². The molecule has 4 rings (SSSR count). The van der Waals surface area contributed by atoms with Gasteiger partial charge in [0.15, 0.2) is 0 Å². The van der Waals surface area contributed by atoms with Crippen LogP contribution in [0.3, 0.4) is 0 Å². The molecule has 0 aliphatic carbocycles. The van der Waals surface area contributed by atoms with Gasteiger partial charge in [-0.2, -0.15) is 5.10 Å². The number of hydrogen-bond acceptors (Lipinski definition) is 4. The van der Waals surface area contributed by atoms with Gasteiger partial charge in [-0.05, 0) is 38.0 Å². The third-order valence-electron chi connectivity index (χ3n) is 4.40. The Balaban J connectivity index is 1.60. The quantitative estimate of drug-likeness (QED) is 0.736. The molecule has 0 saturated carbocycles. The van der Waals surface area contributed by atoms with Crippen LogP contribution in [0.4, 0.5) is 0 Å².